The molecule has 0 unspecified atom stereocenters. The molecular formula is C28H26BNO2. The Bertz CT molecular complexity index is 1480. The number of rotatable bonds is 2. The molecule has 0 spiro atoms. The Morgan fingerprint density at radius 1 is 0.688 bits per heavy atom. The SMILES string of the molecule is CC1(C)OB(c2ccccc2-c2cc3ccccc3c3[nH]c4ccccc4c23)OC1(C)C. The number of fused-ring (bicyclic) bond motifs is 5. The molecule has 158 valence electrons. The van der Waals surface area contributed by atoms with Crippen LogP contribution < -0.4 is 5.46 Å². The highest BCUT2D eigenvalue weighted by molar-refractivity contribution is 6.64. The number of nitrogens with one attached hydrogen (secondary N) is 1. The van der Waals surface area contributed by atoms with Crippen molar-refractivity contribution in [1.82, 2.24) is 4.98 Å². The predicted octanol–water partition coefficient (Wildman–Crippen LogP) is 6.44. The third-order valence-corrected chi connectivity index (χ3v) is 7.26. The second-order valence-electron chi connectivity index (χ2n) is 9.74. The number of aromatic nitrogens is 1. The van der Waals surface area contributed by atoms with Gasteiger partial charge in [0.1, 0.15) is 0 Å². The van der Waals surface area contributed by atoms with Gasteiger partial charge in [0.25, 0.3) is 0 Å². The van der Waals surface area contributed by atoms with Crippen molar-refractivity contribution in [1.29, 1.82) is 0 Å². The molecular weight excluding hydrogens is 393 g/mol. The normalized spacial score (nSPS) is 17.6. The zero-order chi connectivity index (χ0) is 22.1. The Labute approximate surface area is 188 Å². The van der Waals surface area contributed by atoms with E-state index in [2.05, 4.69) is 112 Å². The van der Waals surface area contributed by atoms with E-state index in [9.17, 15) is 0 Å². The smallest absolute Gasteiger partial charge is 0.399 e. The van der Waals surface area contributed by atoms with E-state index in [0.29, 0.717) is 0 Å². The summed E-state index contributed by atoms with van der Waals surface area (Å²) in [4.78, 5) is 3.68. The fourth-order valence-corrected chi connectivity index (χ4v) is 4.83. The van der Waals surface area contributed by atoms with Gasteiger partial charge in [0.15, 0.2) is 0 Å². The van der Waals surface area contributed by atoms with E-state index in [1.165, 1.54) is 32.6 Å². The van der Waals surface area contributed by atoms with Crippen molar-refractivity contribution in [3.05, 3.63) is 78.9 Å². The Morgan fingerprint density at radius 3 is 2.09 bits per heavy atom. The van der Waals surface area contributed by atoms with Crippen molar-refractivity contribution in [2.75, 3.05) is 0 Å². The van der Waals surface area contributed by atoms with Crippen molar-refractivity contribution in [3.63, 3.8) is 0 Å². The minimum atomic E-state index is -0.414. The van der Waals surface area contributed by atoms with Crippen molar-refractivity contribution in [2.45, 2.75) is 38.9 Å². The highest BCUT2D eigenvalue weighted by atomic mass is 16.7. The molecule has 32 heavy (non-hydrogen) atoms. The molecule has 0 aliphatic carbocycles. The van der Waals surface area contributed by atoms with Crippen LogP contribution in [0.25, 0.3) is 43.7 Å². The molecule has 5 aromatic rings. The van der Waals surface area contributed by atoms with Gasteiger partial charge in [0.05, 0.1) is 16.7 Å². The summed E-state index contributed by atoms with van der Waals surface area (Å²) in [6.07, 6.45) is 0. The maximum Gasteiger partial charge on any atom is 0.495 e. The van der Waals surface area contributed by atoms with Gasteiger partial charge in [-0.05, 0) is 61.8 Å². The van der Waals surface area contributed by atoms with Gasteiger partial charge in [-0.3, -0.25) is 0 Å². The summed E-state index contributed by atoms with van der Waals surface area (Å²) in [7, 11) is -0.414. The molecule has 0 saturated carbocycles. The highest BCUT2D eigenvalue weighted by Gasteiger charge is 2.52. The topological polar surface area (TPSA) is 34.2 Å². The first-order chi connectivity index (χ1) is 15.4. The van der Waals surface area contributed by atoms with Gasteiger partial charge in [-0.1, -0.05) is 66.7 Å². The summed E-state index contributed by atoms with van der Waals surface area (Å²) in [5, 5.41) is 4.91. The Hall–Kier alpha value is -3.08. The zero-order valence-corrected chi connectivity index (χ0v) is 18.9. The third-order valence-electron chi connectivity index (χ3n) is 7.26. The number of H-pyrrole nitrogens is 1. The van der Waals surface area contributed by atoms with Crippen molar-refractivity contribution in [2.24, 2.45) is 0 Å². The van der Waals surface area contributed by atoms with Crippen LogP contribution in [-0.2, 0) is 9.31 Å². The second kappa shape index (κ2) is 6.71. The van der Waals surface area contributed by atoms with E-state index in [0.717, 1.165) is 16.5 Å². The van der Waals surface area contributed by atoms with Gasteiger partial charge >= 0.3 is 7.12 Å². The van der Waals surface area contributed by atoms with Gasteiger partial charge in [0.2, 0.25) is 0 Å². The molecule has 0 atom stereocenters. The first kappa shape index (κ1) is 19.6. The highest BCUT2D eigenvalue weighted by Crippen LogP contribution is 2.41. The van der Waals surface area contributed by atoms with Crippen LogP contribution in [0.2, 0.25) is 0 Å². The molecule has 3 nitrogen and oxygen atoms in total. The van der Waals surface area contributed by atoms with Gasteiger partial charge in [-0.25, -0.2) is 0 Å². The summed E-state index contributed by atoms with van der Waals surface area (Å²) in [5.41, 5.74) is 4.95. The lowest BCUT2D eigenvalue weighted by Gasteiger charge is -2.32. The lowest BCUT2D eigenvalue weighted by Crippen LogP contribution is -2.41. The molecule has 0 bridgehead atoms. The van der Waals surface area contributed by atoms with E-state index in [4.69, 9.17) is 9.31 Å². The van der Waals surface area contributed by atoms with Crippen molar-refractivity contribution < 1.29 is 9.31 Å². The Kier molecular flexibility index (Phi) is 4.11. The van der Waals surface area contributed by atoms with Crippen LogP contribution in [0.3, 0.4) is 0 Å². The average Bonchev–Trinajstić information content (AvgIpc) is 3.27. The molecule has 1 fully saturated rings. The van der Waals surface area contributed by atoms with Crippen LogP contribution in [0, 0.1) is 0 Å². The van der Waals surface area contributed by atoms with Crippen molar-refractivity contribution in [3.8, 4) is 11.1 Å². The predicted molar refractivity (Wildman–Crippen MR) is 134 cm³/mol. The molecule has 1 saturated heterocycles. The molecule has 4 aromatic carbocycles. The monoisotopic (exact) mass is 419 g/mol. The molecule has 0 amide bonds. The van der Waals surface area contributed by atoms with Crippen LogP contribution in [0.4, 0.5) is 0 Å². The third kappa shape index (κ3) is 2.76. The average molecular weight is 419 g/mol. The molecule has 0 radical (unpaired) electrons. The lowest BCUT2D eigenvalue weighted by molar-refractivity contribution is 0.00578. The number of hydrogen-bond donors (Lipinski definition) is 1. The van der Waals surface area contributed by atoms with Gasteiger partial charge in [0, 0.05) is 21.7 Å². The summed E-state index contributed by atoms with van der Waals surface area (Å²) >= 11 is 0. The fourth-order valence-electron chi connectivity index (χ4n) is 4.83. The molecule has 1 aromatic heterocycles. The molecule has 1 N–H and O–H groups in total. The zero-order valence-electron chi connectivity index (χ0n) is 18.9. The van der Waals surface area contributed by atoms with E-state index in [-0.39, 0.29) is 11.2 Å². The van der Waals surface area contributed by atoms with Crippen LogP contribution >= 0.6 is 0 Å². The summed E-state index contributed by atoms with van der Waals surface area (Å²) < 4.78 is 12.9. The van der Waals surface area contributed by atoms with Crippen molar-refractivity contribution >= 4 is 45.2 Å². The van der Waals surface area contributed by atoms with Crippen LogP contribution in [-0.4, -0.2) is 23.3 Å². The number of benzene rings is 4. The molecule has 1 aliphatic rings. The quantitative estimate of drug-likeness (QED) is 0.334. The van der Waals surface area contributed by atoms with E-state index in [1.807, 2.05) is 0 Å². The Balaban J connectivity index is 1.67. The first-order valence-electron chi connectivity index (χ1n) is 11.2. The van der Waals surface area contributed by atoms with Gasteiger partial charge < -0.3 is 14.3 Å². The van der Waals surface area contributed by atoms with Crippen LogP contribution in [0.15, 0.2) is 78.9 Å². The minimum absolute atomic E-state index is 0.385. The fraction of sp³-hybridized carbons (Fsp3) is 0.214. The van der Waals surface area contributed by atoms with E-state index >= 15 is 0 Å². The number of hydrogen-bond acceptors (Lipinski definition) is 2. The number of para-hydroxylation sites is 1. The first-order valence-corrected chi connectivity index (χ1v) is 11.2. The standard InChI is InChI=1S/C28H26BNO2/c1-27(2)28(3,4)32-29(31-27)23-15-9-7-13-20(23)22-17-18-11-5-6-12-19(18)26-25(22)21-14-8-10-16-24(21)30-26/h5-17,30H,1-4H3. The maximum absolute atomic E-state index is 6.45. The molecule has 6 rings (SSSR count). The van der Waals surface area contributed by atoms with Crippen LogP contribution in [0.5, 0.6) is 0 Å². The molecule has 1 aliphatic heterocycles. The summed E-state index contributed by atoms with van der Waals surface area (Å²) in [6, 6.07) is 27.9. The van der Waals surface area contributed by atoms with Crippen LogP contribution in [0.1, 0.15) is 27.7 Å². The maximum atomic E-state index is 6.45. The van der Waals surface area contributed by atoms with E-state index in [1.54, 1.807) is 0 Å². The number of aromatic amines is 1. The molecule has 4 heteroatoms. The lowest BCUT2D eigenvalue weighted by atomic mass is 9.74. The van der Waals surface area contributed by atoms with Gasteiger partial charge in [-0.15, -0.1) is 0 Å². The van der Waals surface area contributed by atoms with Gasteiger partial charge in [-0.2, -0.15) is 0 Å². The Morgan fingerprint density at radius 2 is 1.31 bits per heavy atom. The summed E-state index contributed by atoms with van der Waals surface area (Å²) in [6.45, 7) is 8.40. The second-order valence-corrected chi connectivity index (χ2v) is 9.74. The summed E-state index contributed by atoms with van der Waals surface area (Å²) in [5.74, 6) is 0. The largest absolute Gasteiger partial charge is 0.495 e. The van der Waals surface area contributed by atoms with E-state index < -0.39 is 7.12 Å². The minimum Gasteiger partial charge on any atom is -0.399 e. The molecule has 2 heterocycles.